The van der Waals surface area contributed by atoms with Crippen LogP contribution in [0.1, 0.15) is 35.7 Å². The van der Waals surface area contributed by atoms with Gasteiger partial charge < -0.3 is 0 Å². The minimum atomic E-state index is 0.453. The smallest absolute Gasteiger partial charge is 0.252 e. The molecule has 0 bridgehead atoms. The number of aromatic nitrogens is 5. The monoisotopic (exact) mass is 390 g/mol. The molecule has 4 aromatic rings. The van der Waals surface area contributed by atoms with E-state index in [-0.39, 0.29) is 0 Å². The molecule has 3 aromatic heterocycles. The van der Waals surface area contributed by atoms with Gasteiger partial charge in [0.05, 0.1) is 5.69 Å². The van der Waals surface area contributed by atoms with Gasteiger partial charge in [0.15, 0.2) is 0 Å². The summed E-state index contributed by atoms with van der Waals surface area (Å²) >= 11 is 1.68. The van der Waals surface area contributed by atoms with Gasteiger partial charge in [0.25, 0.3) is 5.78 Å². The zero-order chi connectivity index (χ0) is 18.9. The number of hydrogen-bond donors (Lipinski definition) is 0. The fourth-order valence-corrected chi connectivity index (χ4v) is 4.71. The Morgan fingerprint density at radius 2 is 2.07 bits per heavy atom. The fraction of sp³-hybridized carbons (Fsp3) is 0.333. The number of hydrogen-bond acceptors (Lipinski definition) is 6. The minimum absolute atomic E-state index is 0.453. The lowest BCUT2D eigenvalue weighted by molar-refractivity contribution is 0.197. The molecule has 28 heavy (non-hydrogen) atoms. The summed E-state index contributed by atoms with van der Waals surface area (Å²) in [5, 5.41) is 7.49. The van der Waals surface area contributed by atoms with Crippen LogP contribution in [0.25, 0.3) is 16.3 Å². The Morgan fingerprint density at radius 3 is 2.89 bits per heavy atom. The normalized spacial score (nSPS) is 18.0. The summed E-state index contributed by atoms with van der Waals surface area (Å²) in [4.78, 5) is 15.7. The Balaban J connectivity index is 1.32. The Hall–Kier alpha value is -2.64. The van der Waals surface area contributed by atoms with Crippen molar-refractivity contribution in [2.75, 3.05) is 13.1 Å². The van der Waals surface area contributed by atoms with Crippen molar-refractivity contribution in [2.45, 2.75) is 32.2 Å². The third kappa shape index (κ3) is 3.43. The maximum absolute atomic E-state index is 4.48. The molecular formula is C21H22N6S. The van der Waals surface area contributed by atoms with E-state index < -0.39 is 0 Å². The van der Waals surface area contributed by atoms with Crippen molar-refractivity contribution in [3.63, 3.8) is 0 Å². The number of likely N-dealkylation sites (tertiary alicyclic amines) is 1. The molecule has 0 saturated carbocycles. The highest BCUT2D eigenvalue weighted by atomic mass is 32.1. The standard InChI is InChI=1S/C21H22N6S/c1-15-11-19(27-21(25-15)23-14-24-27)18-3-2-9-26(13-18)12-16-4-6-17(7-5-16)20-22-8-10-28-20/h4-8,10-11,14,18H,2-3,9,12-13H2,1H3. The van der Waals surface area contributed by atoms with Gasteiger partial charge in [-0.3, -0.25) is 4.90 Å². The predicted octanol–water partition coefficient (Wildman–Crippen LogP) is 3.94. The van der Waals surface area contributed by atoms with Gasteiger partial charge in [-0.15, -0.1) is 11.3 Å². The van der Waals surface area contributed by atoms with Crippen molar-refractivity contribution in [3.8, 4) is 10.6 Å². The number of fused-ring (bicyclic) bond motifs is 1. The van der Waals surface area contributed by atoms with Crippen LogP contribution in [0.4, 0.5) is 0 Å². The summed E-state index contributed by atoms with van der Waals surface area (Å²) < 4.78 is 1.91. The quantitative estimate of drug-likeness (QED) is 0.528. The number of piperidine rings is 1. The van der Waals surface area contributed by atoms with E-state index in [1.165, 1.54) is 29.7 Å². The van der Waals surface area contributed by atoms with Gasteiger partial charge in [0, 0.05) is 41.8 Å². The Morgan fingerprint density at radius 1 is 1.18 bits per heavy atom. The summed E-state index contributed by atoms with van der Waals surface area (Å²) in [5.41, 5.74) is 4.77. The van der Waals surface area contributed by atoms with Crippen LogP contribution >= 0.6 is 11.3 Å². The second kappa shape index (κ2) is 7.41. The molecule has 1 aliphatic rings. The predicted molar refractivity (Wildman–Crippen MR) is 110 cm³/mol. The van der Waals surface area contributed by atoms with E-state index in [4.69, 9.17) is 0 Å². The van der Waals surface area contributed by atoms with Gasteiger partial charge in [-0.2, -0.15) is 10.1 Å². The largest absolute Gasteiger partial charge is 0.298 e. The molecule has 6 nitrogen and oxygen atoms in total. The van der Waals surface area contributed by atoms with Crippen molar-refractivity contribution < 1.29 is 0 Å². The Labute approximate surface area is 167 Å². The summed E-state index contributed by atoms with van der Waals surface area (Å²) in [5.74, 6) is 1.15. The molecule has 0 N–H and O–H groups in total. The van der Waals surface area contributed by atoms with Crippen LogP contribution < -0.4 is 0 Å². The molecule has 1 unspecified atom stereocenters. The van der Waals surface area contributed by atoms with E-state index >= 15 is 0 Å². The highest BCUT2D eigenvalue weighted by molar-refractivity contribution is 7.13. The summed E-state index contributed by atoms with van der Waals surface area (Å²) in [6.07, 6.45) is 5.82. The van der Waals surface area contributed by atoms with Crippen LogP contribution in [0.2, 0.25) is 0 Å². The maximum atomic E-state index is 4.48. The molecule has 4 heterocycles. The van der Waals surface area contributed by atoms with Gasteiger partial charge in [-0.1, -0.05) is 24.3 Å². The highest BCUT2D eigenvalue weighted by Crippen LogP contribution is 2.28. The zero-order valence-electron chi connectivity index (χ0n) is 15.8. The van der Waals surface area contributed by atoms with Crippen molar-refractivity contribution in [3.05, 3.63) is 65.2 Å². The van der Waals surface area contributed by atoms with Gasteiger partial charge in [0.2, 0.25) is 0 Å². The van der Waals surface area contributed by atoms with E-state index in [1.807, 2.05) is 23.0 Å². The van der Waals surface area contributed by atoms with Crippen molar-refractivity contribution in [1.82, 2.24) is 29.5 Å². The Bertz CT molecular complexity index is 1070. The van der Waals surface area contributed by atoms with Gasteiger partial charge in [-0.05, 0) is 37.9 Å². The summed E-state index contributed by atoms with van der Waals surface area (Å²) in [6, 6.07) is 11.0. The molecule has 0 spiro atoms. The Kier molecular flexibility index (Phi) is 4.62. The van der Waals surface area contributed by atoms with Crippen LogP contribution in [0.5, 0.6) is 0 Å². The number of benzene rings is 1. The van der Waals surface area contributed by atoms with Crippen LogP contribution in [0.3, 0.4) is 0 Å². The maximum Gasteiger partial charge on any atom is 0.252 e. The molecule has 1 atom stereocenters. The molecule has 1 saturated heterocycles. The molecule has 142 valence electrons. The van der Waals surface area contributed by atoms with E-state index in [1.54, 1.807) is 17.7 Å². The van der Waals surface area contributed by atoms with Crippen LogP contribution in [0.15, 0.2) is 48.2 Å². The fourth-order valence-electron chi connectivity index (χ4n) is 4.07. The molecule has 7 heteroatoms. The average Bonchev–Trinajstić information content (AvgIpc) is 3.40. The molecule has 1 aromatic carbocycles. The van der Waals surface area contributed by atoms with Crippen LogP contribution in [-0.4, -0.2) is 42.6 Å². The third-order valence-electron chi connectivity index (χ3n) is 5.37. The highest BCUT2D eigenvalue weighted by Gasteiger charge is 2.24. The first-order valence-corrected chi connectivity index (χ1v) is 10.5. The second-order valence-corrected chi connectivity index (χ2v) is 8.30. The minimum Gasteiger partial charge on any atom is -0.298 e. The molecular weight excluding hydrogens is 368 g/mol. The van der Waals surface area contributed by atoms with Crippen molar-refractivity contribution >= 4 is 17.1 Å². The van der Waals surface area contributed by atoms with Crippen LogP contribution in [0, 0.1) is 6.92 Å². The number of nitrogens with zero attached hydrogens (tertiary/aromatic N) is 6. The molecule has 1 fully saturated rings. The zero-order valence-corrected chi connectivity index (χ0v) is 16.6. The summed E-state index contributed by atoms with van der Waals surface area (Å²) in [7, 11) is 0. The molecule has 0 amide bonds. The van der Waals surface area contributed by atoms with Crippen molar-refractivity contribution in [2.24, 2.45) is 0 Å². The van der Waals surface area contributed by atoms with Crippen molar-refractivity contribution in [1.29, 1.82) is 0 Å². The van der Waals surface area contributed by atoms with Crippen LogP contribution in [-0.2, 0) is 6.54 Å². The average molecular weight is 391 g/mol. The lowest BCUT2D eigenvalue weighted by Gasteiger charge is -2.33. The first-order chi connectivity index (χ1) is 13.8. The van der Waals surface area contributed by atoms with Gasteiger partial charge >= 0.3 is 0 Å². The SMILES string of the molecule is Cc1cc(C2CCCN(Cc3ccc(-c4nccs4)cc3)C2)n2ncnc2n1. The molecule has 0 aliphatic carbocycles. The number of aryl methyl sites for hydroxylation is 1. The van der Waals surface area contributed by atoms with Gasteiger partial charge in [-0.25, -0.2) is 14.5 Å². The molecule has 1 aliphatic heterocycles. The van der Waals surface area contributed by atoms with E-state index in [9.17, 15) is 0 Å². The van der Waals surface area contributed by atoms with Gasteiger partial charge in [0.1, 0.15) is 11.3 Å². The first kappa shape index (κ1) is 17.5. The number of thiazole rings is 1. The lowest BCUT2D eigenvalue weighted by atomic mass is 9.93. The van der Waals surface area contributed by atoms with E-state index in [0.717, 1.165) is 30.3 Å². The number of rotatable bonds is 4. The van der Waals surface area contributed by atoms with E-state index in [0.29, 0.717) is 11.7 Å². The third-order valence-corrected chi connectivity index (χ3v) is 6.19. The second-order valence-electron chi connectivity index (χ2n) is 7.40. The molecule has 5 rings (SSSR count). The summed E-state index contributed by atoms with van der Waals surface area (Å²) in [6.45, 7) is 5.17. The topological polar surface area (TPSA) is 59.2 Å². The lowest BCUT2D eigenvalue weighted by Crippen LogP contribution is -2.34. The first-order valence-electron chi connectivity index (χ1n) is 9.65. The molecule has 0 radical (unpaired) electrons. The van der Waals surface area contributed by atoms with E-state index in [2.05, 4.69) is 55.3 Å².